The number of rotatable bonds is 8. The zero-order chi connectivity index (χ0) is 23.3. The summed E-state index contributed by atoms with van der Waals surface area (Å²) in [4.78, 5) is 13.0. The van der Waals surface area contributed by atoms with Crippen LogP contribution < -0.4 is 19.5 Å². The summed E-state index contributed by atoms with van der Waals surface area (Å²) >= 11 is 0. The lowest BCUT2D eigenvalue weighted by Gasteiger charge is -2.31. The van der Waals surface area contributed by atoms with Crippen molar-refractivity contribution in [2.24, 2.45) is 5.92 Å². The molecule has 0 unspecified atom stereocenters. The van der Waals surface area contributed by atoms with Crippen LogP contribution in [0.1, 0.15) is 24.0 Å². The van der Waals surface area contributed by atoms with Crippen molar-refractivity contribution in [1.29, 1.82) is 0 Å². The van der Waals surface area contributed by atoms with Gasteiger partial charge >= 0.3 is 0 Å². The Morgan fingerprint density at radius 2 is 1.72 bits per heavy atom. The van der Waals surface area contributed by atoms with E-state index in [2.05, 4.69) is 5.32 Å². The predicted molar refractivity (Wildman–Crippen MR) is 121 cm³/mol. The van der Waals surface area contributed by atoms with Gasteiger partial charge in [-0.3, -0.25) is 4.79 Å². The molecule has 1 fully saturated rings. The highest BCUT2D eigenvalue weighted by atomic mass is 32.2. The van der Waals surface area contributed by atoms with Crippen molar-refractivity contribution in [3.8, 4) is 17.2 Å². The number of sulfonamides is 1. The van der Waals surface area contributed by atoms with E-state index in [1.54, 1.807) is 52.5 Å². The first-order valence-electron chi connectivity index (χ1n) is 10.4. The molecule has 9 heteroatoms. The Balaban J connectivity index is 1.66. The van der Waals surface area contributed by atoms with E-state index in [1.165, 1.54) is 4.31 Å². The lowest BCUT2D eigenvalue weighted by molar-refractivity contribution is -0.126. The number of methoxy groups -OCH3 is 3. The van der Waals surface area contributed by atoms with Crippen molar-refractivity contribution in [1.82, 2.24) is 9.62 Å². The van der Waals surface area contributed by atoms with Crippen LogP contribution in [0.3, 0.4) is 0 Å². The number of nitrogens with zero attached hydrogens (tertiary/aromatic N) is 1. The maximum atomic E-state index is 13.1. The fourth-order valence-electron chi connectivity index (χ4n) is 3.86. The topological polar surface area (TPSA) is 94.2 Å². The van der Waals surface area contributed by atoms with Crippen molar-refractivity contribution in [2.45, 2.75) is 31.2 Å². The highest BCUT2D eigenvalue weighted by Gasteiger charge is 2.33. The third-order valence-electron chi connectivity index (χ3n) is 5.67. The predicted octanol–water partition coefficient (Wildman–Crippen LogP) is 2.74. The number of hydrogen-bond acceptors (Lipinski definition) is 6. The number of hydrogen-bond donors (Lipinski definition) is 1. The minimum absolute atomic E-state index is 0.158. The number of amides is 1. The lowest BCUT2D eigenvalue weighted by Crippen LogP contribution is -2.45. The zero-order valence-electron chi connectivity index (χ0n) is 18.9. The molecule has 174 valence electrons. The maximum Gasteiger partial charge on any atom is 0.243 e. The second kappa shape index (κ2) is 10.2. The van der Waals surface area contributed by atoms with E-state index >= 15 is 0 Å². The minimum atomic E-state index is -3.69. The van der Waals surface area contributed by atoms with Gasteiger partial charge in [-0.05, 0) is 61.2 Å². The van der Waals surface area contributed by atoms with Gasteiger partial charge in [0.05, 0.1) is 32.1 Å². The SMILES string of the molecule is COc1ccc(S(=O)(=O)N2CCC[C@H](C(=O)NCc3ccc(OC)c(OC)c3)C2)cc1C. The molecule has 1 amide bonds. The van der Waals surface area contributed by atoms with Crippen LogP contribution in [0.2, 0.25) is 0 Å². The van der Waals surface area contributed by atoms with Crippen LogP contribution in [0.25, 0.3) is 0 Å². The molecule has 0 radical (unpaired) electrons. The van der Waals surface area contributed by atoms with Gasteiger partial charge in [0.2, 0.25) is 15.9 Å². The molecule has 1 atom stereocenters. The third kappa shape index (κ3) is 5.16. The smallest absolute Gasteiger partial charge is 0.243 e. The van der Waals surface area contributed by atoms with E-state index in [0.29, 0.717) is 43.2 Å². The van der Waals surface area contributed by atoms with Crippen LogP contribution in [-0.4, -0.2) is 53.0 Å². The first-order valence-corrected chi connectivity index (χ1v) is 11.9. The highest BCUT2D eigenvalue weighted by Crippen LogP contribution is 2.29. The van der Waals surface area contributed by atoms with Crippen LogP contribution in [0.5, 0.6) is 17.2 Å². The largest absolute Gasteiger partial charge is 0.496 e. The van der Waals surface area contributed by atoms with Crippen molar-refractivity contribution >= 4 is 15.9 Å². The van der Waals surface area contributed by atoms with Gasteiger partial charge < -0.3 is 19.5 Å². The van der Waals surface area contributed by atoms with E-state index in [4.69, 9.17) is 14.2 Å². The Kier molecular flexibility index (Phi) is 7.63. The number of carbonyl (C=O) groups excluding carboxylic acids is 1. The second-order valence-electron chi connectivity index (χ2n) is 7.74. The maximum absolute atomic E-state index is 13.1. The van der Waals surface area contributed by atoms with E-state index < -0.39 is 15.9 Å². The van der Waals surface area contributed by atoms with Crippen LogP contribution in [0.15, 0.2) is 41.3 Å². The molecule has 0 aliphatic carbocycles. The first-order chi connectivity index (χ1) is 15.3. The second-order valence-corrected chi connectivity index (χ2v) is 9.68. The van der Waals surface area contributed by atoms with Gasteiger partial charge in [0.15, 0.2) is 11.5 Å². The summed E-state index contributed by atoms with van der Waals surface area (Å²) in [5.74, 6) is 1.27. The number of aryl methyl sites for hydroxylation is 1. The zero-order valence-corrected chi connectivity index (χ0v) is 19.7. The van der Waals surface area contributed by atoms with Crippen LogP contribution >= 0.6 is 0 Å². The first kappa shape index (κ1) is 23.9. The molecule has 3 rings (SSSR count). The number of ether oxygens (including phenoxy) is 3. The molecule has 0 aromatic heterocycles. The fraction of sp³-hybridized carbons (Fsp3) is 0.435. The Labute approximate surface area is 189 Å². The Morgan fingerprint density at radius 1 is 1.03 bits per heavy atom. The molecule has 1 N–H and O–H groups in total. The van der Waals surface area contributed by atoms with E-state index in [-0.39, 0.29) is 17.3 Å². The number of piperidine rings is 1. The van der Waals surface area contributed by atoms with Gasteiger partial charge in [-0.15, -0.1) is 0 Å². The highest BCUT2D eigenvalue weighted by molar-refractivity contribution is 7.89. The molecular formula is C23H30N2O6S. The van der Waals surface area contributed by atoms with E-state index in [9.17, 15) is 13.2 Å². The molecular weight excluding hydrogens is 432 g/mol. The average Bonchev–Trinajstić information content (AvgIpc) is 2.82. The summed E-state index contributed by atoms with van der Waals surface area (Å²) in [5.41, 5.74) is 1.61. The van der Waals surface area contributed by atoms with Crippen molar-refractivity contribution in [2.75, 3.05) is 34.4 Å². The normalized spacial score (nSPS) is 16.9. The van der Waals surface area contributed by atoms with Crippen LogP contribution in [-0.2, 0) is 21.4 Å². The molecule has 1 aliphatic rings. The summed E-state index contributed by atoms with van der Waals surface area (Å²) < 4.78 is 43.4. The van der Waals surface area contributed by atoms with Gasteiger partial charge in [0, 0.05) is 19.6 Å². The quantitative estimate of drug-likeness (QED) is 0.648. The summed E-state index contributed by atoms with van der Waals surface area (Å²) in [7, 11) is 0.978. The molecule has 0 spiro atoms. The summed E-state index contributed by atoms with van der Waals surface area (Å²) in [6, 6.07) is 10.2. The summed E-state index contributed by atoms with van der Waals surface area (Å²) in [6.45, 7) is 2.68. The number of nitrogens with one attached hydrogen (secondary N) is 1. The molecule has 8 nitrogen and oxygen atoms in total. The molecule has 1 saturated heterocycles. The van der Waals surface area contributed by atoms with Gasteiger partial charge in [-0.25, -0.2) is 8.42 Å². The van der Waals surface area contributed by atoms with Gasteiger partial charge in [-0.1, -0.05) is 6.07 Å². The van der Waals surface area contributed by atoms with Crippen LogP contribution in [0.4, 0.5) is 0 Å². The Morgan fingerprint density at radius 3 is 2.38 bits per heavy atom. The molecule has 0 bridgehead atoms. The molecule has 32 heavy (non-hydrogen) atoms. The van der Waals surface area contributed by atoms with Crippen LogP contribution in [0, 0.1) is 12.8 Å². The van der Waals surface area contributed by atoms with Crippen molar-refractivity contribution in [3.05, 3.63) is 47.5 Å². The Bertz CT molecular complexity index is 1070. The summed E-state index contributed by atoms with van der Waals surface area (Å²) in [5, 5.41) is 2.92. The number of benzene rings is 2. The molecule has 2 aromatic rings. The molecule has 0 saturated carbocycles. The molecule has 1 heterocycles. The average molecular weight is 463 g/mol. The van der Waals surface area contributed by atoms with Gasteiger partial charge in [0.25, 0.3) is 0 Å². The fourth-order valence-corrected chi connectivity index (χ4v) is 5.47. The standard InChI is InChI=1S/C23H30N2O6S/c1-16-12-19(8-10-20(16)29-2)32(27,28)25-11-5-6-18(15-25)23(26)24-14-17-7-9-21(30-3)22(13-17)31-4/h7-10,12-13,18H,5-6,11,14-15H2,1-4H3,(H,24,26)/t18-/m0/s1. The van der Waals surface area contributed by atoms with Crippen molar-refractivity contribution in [3.63, 3.8) is 0 Å². The number of carbonyl (C=O) groups is 1. The summed E-state index contributed by atoms with van der Waals surface area (Å²) in [6.07, 6.45) is 1.27. The van der Waals surface area contributed by atoms with E-state index in [1.807, 2.05) is 12.1 Å². The van der Waals surface area contributed by atoms with Crippen molar-refractivity contribution < 1.29 is 27.4 Å². The molecule has 2 aromatic carbocycles. The third-order valence-corrected chi connectivity index (χ3v) is 7.53. The lowest BCUT2D eigenvalue weighted by atomic mass is 9.98. The van der Waals surface area contributed by atoms with Gasteiger partial charge in [-0.2, -0.15) is 4.31 Å². The van der Waals surface area contributed by atoms with Gasteiger partial charge in [0.1, 0.15) is 5.75 Å². The molecule has 1 aliphatic heterocycles. The Hall–Kier alpha value is -2.78. The minimum Gasteiger partial charge on any atom is -0.496 e. The van der Waals surface area contributed by atoms with E-state index in [0.717, 1.165) is 11.1 Å². The monoisotopic (exact) mass is 462 g/mol.